The first-order chi connectivity index (χ1) is 32.5. The van der Waals surface area contributed by atoms with E-state index in [2.05, 4.69) is 25.3 Å². The van der Waals surface area contributed by atoms with E-state index in [0.29, 0.717) is 32.1 Å². The highest BCUT2D eigenvalue weighted by Gasteiger charge is 2.29. The molecule has 0 amide bonds. The standard InChI is InChI=1S/C51H92O15P2/c1-4-6-25-32-45(52)36-37-48-44(35-38-49(48)54)31-27-23-24-28-33-50(55)62-41-47(42-65-68(60,61)64-40-46(53)39-63-67(57,58)59)66-51(56)34-29-22-20-18-16-14-12-10-8-7-9-11-13-15-17-19-21-26-30-43(3)5-2/h23,27,35-38,43-48,52-53H,4-22,24-26,28-34,39-42H2,1-3H3,(H,60,61)(H2,57,58,59)/b27-23-,37-36+/t43?,44-,45-,46-,47+,48+/m0/s1. The van der Waals surface area contributed by atoms with Crippen LogP contribution in [-0.4, -0.2) is 87.4 Å². The van der Waals surface area contributed by atoms with Crippen LogP contribution in [0, 0.1) is 17.8 Å². The molecule has 7 atom stereocenters. The first-order valence-electron chi connectivity index (χ1n) is 26.1. The number of ketones is 1. The molecule has 0 heterocycles. The van der Waals surface area contributed by atoms with Gasteiger partial charge in [0.15, 0.2) is 11.9 Å². The zero-order valence-electron chi connectivity index (χ0n) is 42.0. The van der Waals surface area contributed by atoms with Crippen molar-refractivity contribution in [2.75, 3.05) is 26.4 Å². The van der Waals surface area contributed by atoms with Crippen molar-refractivity contribution in [3.05, 3.63) is 36.5 Å². The number of aliphatic hydroxyl groups is 2. The van der Waals surface area contributed by atoms with Crippen molar-refractivity contribution in [3.8, 4) is 0 Å². The Bertz CT molecular complexity index is 1500. The Morgan fingerprint density at radius 2 is 1.19 bits per heavy atom. The van der Waals surface area contributed by atoms with Crippen molar-refractivity contribution in [2.24, 2.45) is 17.8 Å². The Balaban J connectivity index is 2.41. The highest BCUT2D eigenvalue weighted by Crippen LogP contribution is 2.44. The van der Waals surface area contributed by atoms with Crippen molar-refractivity contribution in [3.63, 3.8) is 0 Å². The topological polar surface area (TPSA) is 233 Å². The molecule has 2 unspecified atom stereocenters. The lowest BCUT2D eigenvalue weighted by molar-refractivity contribution is -0.161. The summed E-state index contributed by atoms with van der Waals surface area (Å²) < 4.78 is 48.0. The van der Waals surface area contributed by atoms with E-state index in [1.54, 1.807) is 18.2 Å². The molecule has 0 spiro atoms. The lowest BCUT2D eigenvalue weighted by Gasteiger charge is -2.20. The molecule has 0 aromatic carbocycles. The molecular weight excluding hydrogens is 914 g/mol. The SMILES string of the molecule is CCCCC[C@H](O)/C=C/[C@H]1C(=O)C=C[C@@H]1C/C=C\CCCC(=O)OC[C@H](COP(=O)(O)OC[C@@H](O)COP(=O)(O)O)OC(=O)CCCCCCCCCCCCCCCCCCCCC(C)CC. The second-order valence-corrected chi connectivity index (χ2v) is 21.4. The summed E-state index contributed by atoms with van der Waals surface area (Å²) in [6.45, 7) is 3.86. The van der Waals surface area contributed by atoms with Crippen LogP contribution in [0.3, 0.4) is 0 Å². The van der Waals surface area contributed by atoms with E-state index in [9.17, 15) is 38.6 Å². The molecule has 1 rings (SSSR count). The first kappa shape index (κ1) is 64.0. The first-order valence-corrected chi connectivity index (χ1v) is 29.2. The lowest BCUT2D eigenvalue weighted by atomic mass is 9.90. The molecule has 0 aliphatic heterocycles. The highest BCUT2D eigenvalue weighted by molar-refractivity contribution is 7.47. The van der Waals surface area contributed by atoms with Crippen molar-refractivity contribution in [1.82, 2.24) is 0 Å². The zero-order chi connectivity index (χ0) is 50.3. The van der Waals surface area contributed by atoms with Gasteiger partial charge in [-0.2, -0.15) is 0 Å². The number of carbonyl (C=O) groups is 3. The maximum atomic E-state index is 12.8. The molecule has 0 saturated carbocycles. The summed E-state index contributed by atoms with van der Waals surface area (Å²) in [5, 5.41) is 20.0. The molecule has 5 N–H and O–H groups in total. The Hall–Kier alpha value is -2.03. The van der Waals surface area contributed by atoms with E-state index in [-0.39, 0.29) is 30.5 Å². The molecule has 15 nitrogen and oxygen atoms in total. The predicted octanol–water partition coefficient (Wildman–Crippen LogP) is 11.9. The maximum absolute atomic E-state index is 12.8. The van der Waals surface area contributed by atoms with E-state index < -0.39 is 72.3 Å². The molecule has 0 fully saturated rings. The molecule has 0 saturated heterocycles. The number of hydrogen-bond acceptors (Lipinski definition) is 12. The fourth-order valence-corrected chi connectivity index (χ4v) is 9.00. The third kappa shape index (κ3) is 37.8. The van der Waals surface area contributed by atoms with Gasteiger partial charge in [0.25, 0.3) is 0 Å². The van der Waals surface area contributed by atoms with Crippen molar-refractivity contribution < 1.29 is 71.5 Å². The zero-order valence-corrected chi connectivity index (χ0v) is 43.8. The van der Waals surface area contributed by atoms with E-state index in [0.717, 1.165) is 50.9 Å². The molecule has 1 aliphatic carbocycles. The van der Waals surface area contributed by atoms with Crippen LogP contribution < -0.4 is 0 Å². The van der Waals surface area contributed by atoms with Crippen LogP contribution in [0.15, 0.2) is 36.5 Å². The van der Waals surface area contributed by atoms with Gasteiger partial charge in [0.05, 0.1) is 25.9 Å². The summed E-state index contributed by atoms with van der Waals surface area (Å²) in [5.41, 5.74) is 0. The summed E-state index contributed by atoms with van der Waals surface area (Å²) in [6, 6.07) is 0. The number of allylic oxidation sites excluding steroid dienone is 5. The molecule has 0 aromatic heterocycles. The summed E-state index contributed by atoms with van der Waals surface area (Å²) in [7, 11) is -9.75. The molecule has 0 bridgehead atoms. The molecule has 0 radical (unpaired) electrons. The van der Waals surface area contributed by atoms with E-state index in [4.69, 9.17) is 28.3 Å². The number of esters is 2. The minimum Gasteiger partial charge on any atom is -0.462 e. The van der Waals surface area contributed by atoms with E-state index >= 15 is 0 Å². The molecule has 17 heteroatoms. The summed E-state index contributed by atoms with van der Waals surface area (Å²) in [5.74, 6) is -0.620. The smallest absolute Gasteiger partial charge is 0.462 e. The molecule has 396 valence electrons. The van der Waals surface area contributed by atoms with Crippen LogP contribution in [0.2, 0.25) is 0 Å². The van der Waals surface area contributed by atoms with Gasteiger partial charge in [-0.05, 0) is 50.0 Å². The Morgan fingerprint density at radius 3 is 1.76 bits per heavy atom. The minimum absolute atomic E-state index is 0.0118. The number of aliphatic hydroxyl groups excluding tert-OH is 2. The molecule has 0 aromatic rings. The van der Waals surface area contributed by atoms with Crippen LogP contribution in [0.1, 0.15) is 207 Å². The number of hydrogen-bond donors (Lipinski definition) is 5. The van der Waals surface area contributed by atoms with E-state index in [1.807, 2.05) is 18.2 Å². The van der Waals surface area contributed by atoms with E-state index in [1.165, 1.54) is 96.3 Å². The second-order valence-electron chi connectivity index (χ2n) is 18.7. The maximum Gasteiger partial charge on any atom is 0.472 e. The van der Waals surface area contributed by atoms with Gasteiger partial charge in [0.1, 0.15) is 12.7 Å². The Labute approximate surface area is 409 Å². The molecular formula is C51H92O15P2. The van der Waals surface area contributed by atoms with Crippen LogP contribution in [-0.2, 0) is 46.6 Å². The number of rotatable bonds is 46. The van der Waals surface area contributed by atoms with Gasteiger partial charge in [-0.25, -0.2) is 9.13 Å². The Morgan fingerprint density at radius 1 is 0.662 bits per heavy atom. The second kappa shape index (κ2) is 40.6. The summed E-state index contributed by atoms with van der Waals surface area (Å²) >= 11 is 0. The molecule has 1 aliphatic rings. The van der Waals surface area contributed by atoms with Crippen molar-refractivity contribution in [1.29, 1.82) is 0 Å². The van der Waals surface area contributed by atoms with Crippen molar-refractivity contribution in [2.45, 2.75) is 225 Å². The van der Waals surface area contributed by atoms with Crippen LogP contribution in [0.5, 0.6) is 0 Å². The van der Waals surface area contributed by atoms with Crippen LogP contribution in [0.4, 0.5) is 0 Å². The predicted molar refractivity (Wildman–Crippen MR) is 266 cm³/mol. The van der Waals surface area contributed by atoms with Crippen LogP contribution >= 0.6 is 15.6 Å². The van der Waals surface area contributed by atoms with Gasteiger partial charge in [-0.3, -0.25) is 28.0 Å². The fourth-order valence-electron chi connectivity index (χ4n) is 7.85. The number of phosphoric ester groups is 2. The quantitative estimate of drug-likeness (QED) is 0.0165. The van der Waals surface area contributed by atoms with Gasteiger partial charge >= 0.3 is 27.6 Å². The third-order valence-electron chi connectivity index (χ3n) is 12.3. The number of unbranched alkanes of at least 4 members (excludes halogenated alkanes) is 20. The van der Waals surface area contributed by atoms with Gasteiger partial charge in [0, 0.05) is 18.8 Å². The Kier molecular flexibility index (Phi) is 38.2. The van der Waals surface area contributed by atoms with Gasteiger partial charge < -0.3 is 34.4 Å². The summed E-state index contributed by atoms with van der Waals surface area (Å²) in [4.78, 5) is 65.5. The van der Waals surface area contributed by atoms with Gasteiger partial charge in [0.2, 0.25) is 0 Å². The van der Waals surface area contributed by atoms with Crippen molar-refractivity contribution >= 4 is 33.4 Å². The minimum atomic E-state index is -4.89. The molecule has 68 heavy (non-hydrogen) atoms. The lowest BCUT2D eigenvalue weighted by Crippen LogP contribution is -2.30. The number of carbonyl (C=O) groups excluding carboxylic acids is 3. The normalized spacial score (nSPS) is 18.0. The summed E-state index contributed by atoms with van der Waals surface area (Å²) in [6.07, 6.45) is 37.6. The largest absolute Gasteiger partial charge is 0.472 e. The average Bonchev–Trinajstić information content (AvgIpc) is 3.65. The van der Waals surface area contributed by atoms with Gasteiger partial charge in [-0.1, -0.05) is 192 Å². The number of ether oxygens (including phenoxy) is 2. The monoisotopic (exact) mass is 1010 g/mol. The highest BCUT2D eigenvalue weighted by atomic mass is 31.2. The third-order valence-corrected chi connectivity index (χ3v) is 13.7. The number of phosphoric acid groups is 2. The van der Waals surface area contributed by atoms with Crippen LogP contribution in [0.25, 0.3) is 0 Å². The fraction of sp³-hybridized carbons (Fsp3) is 0.824. The van der Waals surface area contributed by atoms with Gasteiger partial charge in [-0.15, -0.1) is 0 Å². The average molecular weight is 1010 g/mol.